The number of aryl methyl sites for hydroxylation is 2. The van der Waals surface area contributed by atoms with Crippen LogP contribution in [-0.4, -0.2) is 36.9 Å². The van der Waals surface area contributed by atoms with Gasteiger partial charge in [-0.25, -0.2) is 18.1 Å². The van der Waals surface area contributed by atoms with Crippen LogP contribution >= 0.6 is 0 Å². The molecule has 2 N–H and O–H groups in total. The normalized spacial score (nSPS) is 16.4. The zero-order valence-electron chi connectivity index (χ0n) is 23.6. The Morgan fingerprint density at radius 2 is 1.76 bits per heavy atom. The summed E-state index contributed by atoms with van der Waals surface area (Å²) in [4.78, 5) is 22.1. The number of rotatable bonds is 5. The Kier molecular flexibility index (Phi) is 8.08. The van der Waals surface area contributed by atoms with Gasteiger partial charge < -0.3 is 10.1 Å². The van der Waals surface area contributed by atoms with Crippen LogP contribution in [0.5, 0.6) is 5.88 Å². The first-order valence-electron chi connectivity index (χ1n) is 13.7. The topological polar surface area (TPSA) is 110 Å². The number of fused-ring (bicyclic) bond motifs is 4. The van der Waals surface area contributed by atoms with Gasteiger partial charge in [-0.15, -0.1) is 0 Å². The number of hydrogen-bond donors (Lipinski definition) is 2. The van der Waals surface area contributed by atoms with Gasteiger partial charge in [-0.3, -0.25) is 4.79 Å². The minimum Gasteiger partial charge on any atom is -0.475 e. The summed E-state index contributed by atoms with van der Waals surface area (Å²) in [5.74, 6) is 0.0355. The Morgan fingerprint density at radius 1 is 0.976 bits per heavy atom. The van der Waals surface area contributed by atoms with E-state index < -0.39 is 10.0 Å². The van der Waals surface area contributed by atoms with Crippen molar-refractivity contribution in [3.05, 3.63) is 101 Å². The molecule has 1 atom stereocenters. The minimum atomic E-state index is -4.10. The molecule has 1 aliphatic rings. The molecular formula is C32H34N4O4S. The number of hydrogen-bond acceptors (Lipinski definition) is 6. The molecule has 3 aromatic carbocycles. The third-order valence-corrected chi connectivity index (χ3v) is 8.28. The van der Waals surface area contributed by atoms with Crippen LogP contribution in [0.4, 0.5) is 5.95 Å². The van der Waals surface area contributed by atoms with E-state index in [-0.39, 0.29) is 40.8 Å². The van der Waals surface area contributed by atoms with Crippen LogP contribution in [0.25, 0.3) is 11.3 Å². The number of ether oxygens (including phenoxy) is 1. The lowest BCUT2D eigenvalue weighted by Crippen LogP contribution is -2.40. The van der Waals surface area contributed by atoms with Crippen LogP contribution in [0.1, 0.15) is 52.9 Å². The predicted octanol–water partition coefficient (Wildman–Crippen LogP) is 5.69. The molecular weight excluding hydrogens is 536 g/mol. The number of sulfonamides is 1. The standard InChI is InChI=1S/C32H34N4O4S/c1-20(2)14-26-19-40-29-18-28(30-22(4)9-6-11-24(30)16-23-10-5-8-21(3)15-23)34-32(35-29)36-41(38,39)27-13-7-12-25(17-27)31(37)33-26/h5-13,15,17-18,20,26H,14,16,19H2,1-4H3,(H,33,37)(H,34,35,36)/t26-/m1/s1. The summed E-state index contributed by atoms with van der Waals surface area (Å²) >= 11 is 0. The maximum atomic E-state index is 13.4. The Labute approximate surface area is 241 Å². The van der Waals surface area contributed by atoms with Crippen LogP contribution in [0.2, 0.25) is 0 Å². The number of benzene rings is 3. The van der Waals surface area contributed by atoms with E-state index in [0.29, 0.717) is 24.5 Å². The number of nitrogens with zero attached hydrogens (tertiary/aromatic N) is 2. The molecule has 8 nitrogen and oxygen atoms in total. The summed E-state index contributed by atoms with van der Waals surface area (Å²) in [6.45, 7) is 8.37. The lowest BCUT2D eigenvalue weighted by atomic mass is 9.93. The second-order valence-corrected chi connectivity index (χ2v) is 12.6. The molecule has 41 heavy (non-hydrogen) atoms. The zero-order chi connectivity index (χ0) is 29.1. The van der Waals surface area contributed by atoms with E-state index in [1.165, 1.54) is 17.7 Å². The van der Waals surface area contributed by atoms with E-state index >= 15 is 0 Å². The first-order chi connectivity index (χ1) is 19.6. The van der Waals surface area contributed by atoms with E-state index in [4.69, 9.17) is 4.74 Å². The lowest BCUT2D eigenvalue weighted by Gasteiger charge is -2.21. The van der Waals surface area contributed by atoms with Gasteiger partial charge in [0.2, 0.25) is 11.8 Å². The molecule has 1 amide bonds. The van der Waals surface area contributed by atoms with Gasteiger partial charge in [0.15, 0.2) is 0 Å². The lowest BCUT2D eigenvalue weighted by molar-refractivity contribution is 0.0913. The monoisotopic (exact) mass is 570 g/mol. The number of aromatic nitrogens is 2. The number of carbonyl (C=O) groups is 1. The SMILES string of the molecule is Cc1cccc(Cc2cccc(C)c2-c2cc3nc(n2)NS(=O)(=O)c2cccc(c2)C(=O)N[C@H](CC(C)C)CO3)c1. The predicted molar refractivity (Wildman–Crippen MR) is 160 cm³/mol. The van der Waals surface area contributed by atoms with Crippen molar-refractivity contribution in [3.8, 4) is 17.1 Å². The van der Waals surface area contributed by atoms with Gasteiger partial charge in [0.05, 0.1) is 16.6 Å². The second-order valence-electron chi connectivity index (χ2n) is 10.9. The molecule has 0 fully saturated rings. The molecule has 0 saturated carbocycles. The minimum absolute atomic E-state index is 0.0580. The quantitative estimate of drug-likeness (QED) is 0.319. The molecule has 5 rings (SSSR count). The fourth-order valence-electron chi connectivity index (χ4n) is 5.13. The van der Waals surface area contributed by atoms with E-state index in [1.807, 2.05) is 25.1 Å². The molecule has 0 saturated heterocycles. The fourth-order valence-corrected chi connectivity index (χ4v) is 6.12. The molecule has 1 aromatic heterocycles. The highest BCUT2D eigenvalue weighted by molar-refractivity contribution is 7.92. The molecule has 4 bridgehead atoms. The Morgan fingerprint density at radius 3 is 2.54 bits per heavy atom. The van der Waals surface area contributed by atoms with Crippen molar-refractivity contribution in [1.29, 1.82) is 0 Å². The first kappa shape index (κ1) is 28.3. The Balaban J connectivity index is 1.62. The van der Waals surface area contributed by atoms with Crippen molar-refractivity contribution in [1.82, 2.24) is 15.3 Å². The van der Waals surface area contributed by atoms with Crippen molar-refractivity contribution in [3.63, 3.8) is 0 Å². The molecule has 0 spiro atoms. The molecule has 212 valence electrons. The smallest absolute Gasteiger partial charge is 0.264 e. The van der Waals surface area contributed by atoms with Gasteiger partial charge in [-0.05, 0) is 67.5 Å². The number of carbonyl (C=O) groups excluding carboxylic acids is 1. The molecule has 1 aliphatic heterocycles. The number of nitrogens with one attached hydrogen (secondary N) is 2. The maximum absolute atomic E-state index is 13.4. The van der Waals surface area contributed by atoms with E-state index in [2.05, 4.69) is 65.0 Å². The van der Waals surface area contributed by atoms with Crippen LogP contribution in [0.3, 0.4) is 0 Å². The van der Waals surface area contributed by atoms with Crippen molar-refractivity contribution in [2.24, 2.45) is 5.92 Å². The van der Waals surface area contributed by atoms with Gasteiger partial charge in [-0.2, -0.15) is 4.98 Å². The Hall–Kier alpha value is -4.24. The third-order valence-electron chi connectivity index (χ3n) is 6.95. The summed E-state index contributed by atoms with van der Waals surface area (Å²) in [6, 6.07) is 21.8. The molecule has 0 unspecified atom stereocenters. The maximum Gasteiger partial charge on any atom is 0.264 e. The molecule has 0 aliphatic carbocycles. The highest BCUT2D eigenvalue weighted by Gasteiger charge is 2.23. The van der Waals surface area contributed by atoms with Gasteiger partial charge in [0.25, 0.3) is 15.9 Å². The highest BCUT2D eigenvalue weighted by atomic mass is 32.2. The van der Waals surface area contributed by atoms with Crippen LogP contribution < -0.4 is 14.8 Å². The number of anilines is 1. The summed E-state index contributed by atoms with van der Waals surface area (Å²) in [5.41, 5.74) is 6.05. The van der Waals surface area contributed by atoms with Gasteiger partial charge in [0.1, 0.15) is 6.61 Å². The van der Waals surface area contributed by atoms with Crippen LogP contribution in [0, 0.1) is 19.8 Å². The molecule has 9 heteroatoms. The van der Waals surface area contributed by atoms with Crippen molar-refractivity contribution in [2.45, 2.75) is 51.5 Å². The molecule has 0 radical (unpaired) electrons. The molecule has 2 heterocycles. The average Bonchev–Trinajstić information content (AvgIpc) is 2.91. The van der Waals surface area contributed by atoms with Crippen molar-refractivity contribution >= 4 is 21.9 Å². The van der Waals surface area contributed by atoms with Gasteiger partial charge in [-0.1, -0.05) is 67.9 Å². The third kappa shape index (κ3) is 6.74. The summed E-state index contributed by atoms with van der Waals surface area (Å²) in [5, 5.41) is 3.00. The van der Waals surface area contributed by atoms with E-state index in [1.54, 1.807) is 18.2 Å². The summed E-state index contributed by atoms with van der Waals surface area (Å²) in [7, 11) is -4.10. The number of amides is 1. The second kappa shape index (κ2) is 11.7. The molecule has 4 aromatic rings. The zero-order valence-corrected chi connectivity index (χ0v) is 24.5. The largest absolute Gasteiger partial charge is 0.475 e. The van der Waals surface area contributed by atoms with Crippen molar-refractivity contribution in [2.75, 3.05) is 11.3 Å². The summed E-state index contributed by atoms with van der Waals surface area (Å²) in [6.07, 6.45) is 1.35. The Bertz CT molecular complexity index is 1700. The van der Waals surface area contributed by atoms with E-state index in [9.17, 15) is 13.2 Å². The summed E-state index contributed by atoms with van der Waals surface area (Å²) < 4.78 is 35.4. The average molecular weight is 571 g/mol. The van der Waals surface area contributed by atoms with Crippen LogP contribution in [0.15, 0.2) is 77.7 Å². The van der Waals surface area contributed by atoms with Crippen molar-refractivity contribution < 1.29 is 17.9 Å². The van der Waals surface area contributed by atoms with Gasteiger partial charge >= 0.3 is 0 Å². The van der Waals surface area contributed by atoms with Crippen LogP contribution in [-0.2, 0) is 16.4 Å². The highest BCUT2D eigenvalue weighted by Crippen LogP contribution is 2.31. The first-order valence-corrected chi connectivity index (χ1v) is 15.2. The van der Waals surface area contributed by atoms with Gasteiger partial charge in [0, 0.05) is 17.2 Å². The van der Waals surface area contributed by atoms with E-state index in [0.717, 1.165) is 22.3 Å². The fraction of sp³-hybridized carbons (Fsp3) is 0.281.